The minimum atomic E-state index is 0.156. The lowest BCUT2D eigenvalue weighted by Gasteiger charge is -2.05. The molecule has 0 radical (unpaired) electrons. The van der Waals surface area contributed by atoms with Crippen LogP contribution in [-0.2, 0) is 6.42 Å². The molecule has 0 bridgehead atoms. The maximum absolute atomic E-state index is 8.55. The smallest absolute Gasteiger partial charge is 0.0555 e. The third kappa shape index (κ3) is 3.84. The van der Waals surface area contributed by atoms with Gasteiger partial charge in [0.25, 0.3) is 0 Å². The van der Waals surface area contributed by atoms with Gasteiger partial charge >= 0.3 is 0 Å². The standard InChI is InChI=1S/C10H13Cl2NO/c11-9-1-2-10(12)8(7-9)3-4-13-5-6-14/h1-2,7,13-14H,3-6H2. The van der Waals surface area contributed by atoms with Crippen LogP contribution < -0.4 is 5.32 Å². The predicted octanol–water partition coefficient (Wildman–Crippen LogP) is 2.12. The minimum absolute atomic E-state index is 0.156. The molecule has 78 valence electrons. The summed E-state index contributed by atoms with van der Waals surface area (Å²) in [7, 11) is 0. The zero-order valence-corrected chi connectivity index (χ0v) is 9.28. The summed E-state index contributed by atoms with van der Waals surface area (Å²) in [5, 5.41) is 13.1. The van der Waals surface area contributed by atoms with E-state index in [4.69, 9.17) is 28.3 Å². The second kappa shape index (κ2) is 6.25. The number of hydrogen-bond donors (Lipinski definition) is 2. The van der Waals surface area contributed by atoms with Crippen molar-refractivity contribution < 1.29 is 5.11 Å². The Hall–Kier alpha value is -0.280. The van der Waals surface area contributed by atoms with Crippen LogP contribution in [0.15, 0.2) is 18.2 Å². The SMILES string of the molecule is OCCNCCc1cc(Cl)ccc1Cl. The van der Waals surface area contributed by atoms with Crippen LogP contribution in [0.3, 0.4) is 0 Å². The fourth-order valence-corrected chi connectivity index (χ4v) is 1.57. The van der Waals surface area contributed by atoms with Crippen LogP contribution in [0.2, 0.25) is 10.0 Å². The normalized spacial score (nSPS) is 10.5. The molecule has 4 heteroatoms. The Balaban J connectivity index is 2.45. The molecule has 14 heavy (non-hydrogen) atoms. The molecule has 0 atom stereocenters. The molecule has 1 aromatic rings. The van der Waals surface area contributed by atoms with Gasteiger partial charge in [0.15, 0.2) is 0 Å². The lowest BCUT2D eigenvalue weighted by atomic mass is 10.1. The second-order valence-corrected chi connectivity index (χ2v) is 3.80. The molecule has 0 aliphatic heterocycles. The third-order valence-electron chi connectivity index (χ3n) is 1.87. The highest BCUT2D eigenvalue weighted by Crippen LogP contribution is 2.20. The number of hydrogen-bond acceptors (Lipinski definition) is 2. The first-order chi connectivity index (χ1) is 6.74. The molecule has 0 aromatic heterocycles. The maximum Gasteiger partial charge on any atom is 0.0555 e. The van der Waals surface area contributed by atoms with Crippen molar-refractivity contribution in [2.75, 3.05) is 19.7 Å². The first kappa shape index (κ1) is 11.8. The average Bonchev–Trinajstić information content (AvgIpc) is 2.18. The van der Waals surface area contributed by atoms with Gasteiger partial charge < -0.3 is 10.4 Å². The molecule has 2 nitrogen and oxygen atoms in total. The van der Waals surface area contributed by atoms with Crippen LogP contribution in [0.4, 0.5) is 0 Å². The van der Waals surface area contributed by atoms with E-state index < -0.39 is 0 Å². The molecule has 0 fully saturated rings. The van der Waals surface area contributed by atoms with Crippen LogP contribution in [0.25, 0.3) is 0 Å². The predicted molar refractivity (Wildman–Crippen MR) is 60.1 cm³/mol. The fourth-order valence-electron chi connectivity index (χ4n) is 1.16. The van der Waals surface area contributed by atoms with E-state index in [-0.39, 0.29) is 6.61 Å². The molecule has 0 amide bonds. The van der Waals surface area contributed by atoms with E-state index in [0.717, 1.165) is 23.6 Å². The van der Waals surface area contributed by atoms with Crippen molar-refractivity contribution in [3.8, 4) is 0 Å². The van der Waals surface area contributed by atoms with Gasteiger partial charge in [0.2, 0.25) is 0 Å². The molecular formula is C10H13Cl2NO. The molecular weight excluding hydrogens is 221 g/mol. The van der Waals surface area contributed by atoms with E-state index in [9.17, 15) is 0 Å². The first-order valence-electron chi connectivity index (χ1n) is 4.49. The Labute approximate surface area is 93.8 Å². The summed E-state index contributed by atoms with van der Waals surface area (Å²) >= 11 is 11.8. The average molecular weight is 234 g/mol. The summed E-state index contributed by atoms with van der Waals surface area (Å²) < 4.78 is 0. The largest absolute Gasteiger partial charge is 0.395 e. The lowest BCUT2D eigenvalue weighted by molar-refractivity contribution is 0.293. The van der Waals surface area contributed by atoms with Gasteiger partial charge in [-0.15, -0.1) is 0 Å². The van der Waals surface area contributed by atoms with E-state index in [2.05, 4.69) is 5.32 Å². The molecule has 2 N–H and O–H groups in total. The Morgan fingerprint density at radius 3 is 2.71 bits per heavy atom. The number of halogens is 2. The lowest BCUT2D eigenvalue weighted by Crippen LogP contribution is -2.20. The van der Waals surface area contributed by atoms with E-state index >= 15 is 0 Å². The van der Waals surface area contributed by atoms with Crippen molar-refractivity contribution in [3.05, 3.63) is 33.8 Å². The van der Waals surface area contributed by atoms with Crippen LogP contribution in [-0.4, -0.2) is 24.8 Å². The highest BCUT2D eigenvalue weighted by atomic mass is 35.5. The molecule has 0 saturated heterocycles. The molecule has 1 rings (SSSR count). The Morgan fingerprint density at radius 2 is 2.00 bits per heavy atom. The Kier molecular flexibility index (Phi) is 5.26. The molecule has 0 aliphatic rings. The Bertz CT molecular complexity index is 291. The molecule has 0 saturated carbocycles. The number of nitrogens with one attached hydrogen (secondary N) is 1. The van der Waals surface area contributed by atoms with Crippen molar-refractivity contribution in [2.45, 2.75) is 6.42 Å². The van der Waals surface area contributed by atoms with Crippen molar-refractivity contribution in [1.82, 2.24) is 5.32 Å². The summed E-state index contributed by atoms with van der Waals surface area (Å²) in [6.45, 7) is 1.56. The quantitative estimate of drug-likeness (QED) is 0.765. The van der Waals surface area contributed by atoms with Gasteiger partial charge in [0, 0.05) is 16.6 Å². The fraction of sp³-hybridized carbons (Fsp3) is 0.400. The van der Waals surface area contributed by atoms with Crippen molar-refractivity contribution >= 4 is 23.2 Å². The first-order valence-corrected chi connectivity index (χ1v) is 5.25. The van der Waals surface area contributed by atoms with E-state index in [0.29, 0.717) is 11.6 Å². The third-order valence-corrected chi connectivity index (χ3v) is 2.47. The summed E-state index contributed by atoms with van der Waals surface area (Å²) in [6, 6.07) is 5.43. The topological polar surface area (TPSA) is 32.3 Å². The van der Waals surface area contributed by atoms with Crippen LogP contribution in [0.1, 0.15) is 5.56 Å². The van der Waals surface area contributed by atoms with E-state index in [1.807, 2.05) is 6.07 Å². The van der Waals surface area contributed by atoms with E-state index in [1.54, 1.807) is 12.1 Å². The highest BCUT2D eigenvalue weighted by Gasteiger charge is 2.00. The summed E-state index contributed by atoms with van der Waals surface area (Å²) in [4.78, 5) is 0. The molecule has 0 aliphatic carbocycles. The zero-order chi connectivity index (χ0) is 10.4. The van der Waals surface area contributed by atoms with Crippen molar-refractivity contribution in [2.24, 2.45) is 0 Å². The molecule has 0 unspecified atom stereocenters. The molecule has 1 aromatic carbocycles. The van der Waals surface area contributed by atoms with Gasteiger partial charge in [0.1, 0.15) is 0 Å². The van der Waals surface area contributed by atoms with Gasteiger partial charge in [-0.1, -0.05) is 23.2 Å². The maximum atomic E-state index is 8.55. The zero-order valence-electron chi connectivity index (χ0n) is 7.76. The summed E-state index contributed by atoms with van der Waals surface area (Å²) in [5.41, 5.74) is 1.03. The highest BCUT2D eigenvalue weighted by molar-refractivity contribution is 6.33. The Morgan fingerprint density at radius 1 is 1.21 bits per heavy atom. The van der Waals surface area contributed by atoms with Crippen molar-refractivity contribution in [3.63, 3.8) is 0 Å². The van der Waals surface area contributed by atoms with Gasteiger partial charge in [-0.2, -0.15) is 0 Å². The number of aliphatic hydroxyl groups excluding tert-OH is 1. The summed E-state index contributed by atoms with van der Waals surface area (Å²) in [6.07, 6.45) is 0.819. The number of aliphatic hydroxyl groups is 1. The number of benzene rings is 1. The minimum Gasteiger partial charge on any atom is -0.395 e. The molecule has 0 spiro atoms. The summed E-state index contributed by atoms with van der Waals surface area (Å²) in [5.74, 6) is 0. The van der Waals surface area contributed by atoms with Gasteiger partial charge in [-0.05, 0) is 36.7 Å². The van der Waals surface area contributed by atoms with Crippen LogP contribution >= 0.6 is 23.2 Å². The second-order valence-electron chi connectivity index (χ2n) is 2.96. The van der Waals surface area contributed by atoms with Crippen LogP contribution in [0.5, 0.6) is 0 Å². The van der Waals surface area contributed by atoms with Crippen molar-refractivity contribution in [1.29, 1.82) is 0 Å². The van der Waals surface area contributed by atoms with Gasteiger partial charge in [-0.3, -0.25) is 0 Å². The molecule has 0 heterocycles. The monoisotopic (exact) mass is 233 g/mol. The van der Waals surface area contributed by atoms with Gasteiger partial charge in [-0.25, -0.2) is 0 Å². The number of rotatable bonds is 5. The van der Waals surface area contributed by atoms with E-state index in [1.165, 1.54) is 0 Å². The van der Waals surface area contributed by atoms with Crippen LogP contribution in [0, 0.1) is 0 Å². The van der Waals surface area contributed by atoms with Gasteiger partial charge in [0.05, 0.1) is 6.61 Å².